The van der Waals surface area contributed by atoms with E-state index in [-0.39, 0.29) is 30.0 Å². The first kappa shape index (κ1) is 16.6. The monoisotopic (exact) mass is 344 g/mol. The topological polar surface area (TPSA) is 58.2 Å². The van der Waals surface area contributed by atoms with Gasteiger partial charge >= 0.3 is 0 Å². The molecule has 110 valence electrons. The van der Waals surface area contributed by atoms with Gasteiger partial charge < -0.3 is 10.6 Å². The van der Waals surface area contributed by atoms with Gasteiger partial charge in [0.1, 0.15) is 5.82 Å². The Kier molecular flexibility index (Phi) is 5.68. The Morgan fingerprint density at radius 3 is 2.55 bits per heavy atom. The van der Waals surface area contributed by atoms with Crippen molar-refractivity contribution in [3.8, 4) is 0 Å². The fourth-order valence-electron chi connectivity index (χ4n) is 1.54. The maximum atomic E-state index is 13.5. The van der Waals surface area contributed by atoms with Crippen LogP contribution in [0.3, 0.4) is 0 Å². The normalized spacial score (nSPS) is 11.1. The van der Waals surface area contributed by atoms with E-state index in [4.69, 9.17) is 0 Å². The summed E-state index contributed by atoms with van der Waals surface area (Å²) in [5.41, 5.74) is -0.354. The lowest BCUT2D eigenvalue weighted by molar-refractivity contribution is -0.122. The van der Waals surface area contributed by atoms with Crippen LogP contribution in [0.5, 0.6) is 0 Å². The summed E-state index contributed by atoms with van der Waals surface area (Å²) < 4.78 is 14.1. The van der Waals surface area contributed by atoms with E-state index in [1.165, 1.54) is 18.2 Å². The van der Waals surface area contributed by atoms with E-state index >= 15 is 0 Å². The molecule has 0 fully saturated rings. The van der Waals surface area contributed by atoms with Gasteiger partial charge in [-0.15, -0.1) is 0 Å². The van der Waals surface area contributed by atoms with E-state index in [1.54, 1.807) is 0 Å². The van der Waals surface area contributed by atoms with E-state index in [0.717, 1.165) is 0 Å². The fraction of sp³-hybridized carbons (Fsp3) is 0.429. The number of carbonyl (C=O) groups excluding carboxylic acids is 2. The zero-order chi connectivity index (χ0) is 15.3. The van der Waals surface area contributed by atoms with Crippen molar-refractivity contribution in [2.45, 2.75) is 32.7 Å². The van der Waals surface area contributed by atoms with Gasteiger partial charge in [0.05, 0.1) is 5.56 Å². The first-order chi connectivity index (χ1) is 9.19. The van der Waals surface area contributed by atoms with Gasteiger partial charge in [-0.2, -0.15) is 0 Å². The molecular weight excluding hydrogens is 327 g/mol. The molecule has 0 aliphatic carbocycles. The molecule has 0 saturated heterocycles. The summed E-state index contributed by atoms with van der Waals surface area (Å²) in [6, 6.07) is 4.13. The SMILES string of the molecule is CC(C)(C)NC(=O)CCNC(=O)c1cc(Br)ccc1F. The van der Waals surface area contributed by atoms with Crippen LogP contribution in [0.4, 0.5) is 4.39 Å². The average Bonchev–Trinajstić information content (AvgIpc) is 2.29. The van der Waals surface area contributed by atoms with Gasteiger partial charge in [-0.05, 0) is 39.0 Å². The van der Waals surface area contributed by atoms with Crippen LogP contribution < -0.4 is 10.6 Å². The zero-order valence-corrected chi connectivity index (χ0v) is 13.3. The van der Waals surface area contributed by atoms with Crippen LogP contribution in [0.1, 0.15) is 37.6 Å². The van der Waals surface area contributed by atoms with Gasteiger partial charge in [0.15, 0.2) is 0 Å². The first-order valence-electron chi connectivity index (χ1n) is 6.23. The highest BCUT2D eigenvalue weighted by Crippen LogP contribution is 2.15. The predicted molar refractivity (Wildman–Crippen MR) is 78.9 cm³/mol. The van der Waals surface area contributed by atoms with Crippen molar-refractivity contribution < 1.29 is 14.0 Å². The Balaban J connectivity index is 2.48. The molecule has 20 heavy (non-hydrogen) atoms. The highest BCUT2D eigenvalue weighted by Gasteiger charge is 2.15. The molecule has 0 heterocycles. The number of rotatable bonds is 4. The van der Waals surface area contributed by atoms with Crippen LogP contribution in [0.25, 0.3) is 0 Å². The van der Waals surface area contributed by atoms with Crippen LogP contribution in [-0.4, -0.2) is 23.9 Å². The number of nitrogens with one attached hydrogen (secondary N) is 2. The van der Waals surface area contributed by atoms with Crippen LogP contribution in [-0.2, 0) is 4.79 Å². The Morgan fingerprint density at radius 2 is 1.95 bits per heavy atom. The second kappa shape index (κ2) is 6.83. The second-order valence-corrected chi connectivity index (χ2v) is 6.34. The molecule has 0 aliphatic rings. The summed E-state index contributed by atoms with van der Waals surface area (Å²) in [4.78, 5) is 23.3. The first-order valence-corrected chi connectivity index (χ1v) is 7.02. The third-order valence-electron chi connectivity index (χ3n) is 2.33. The molecule has 2 N–H and O–H groups in total. The summed E-state index contributed by atoms with van der Waals surface area (Å²) in [6.45, 7) is 5.79. The van der Waals surface area contributed by atoms with Gasteiger partial charge in [-0.1, -0.05) is 15.9 Å². The van der Waals surface area contributed by atoms with Crippen LogP contribution in [0, 0.1) is 5.82 Å². The fourth-order valence-corrected chi connectivity index (χ4v) is 1.90. The molecule has 0 bridgehead atoms. The van der Waals surface area contributed by atoms with E-state index in [9.17, 15) is 14.0 Å². The molecule has 2 amide bonds. The van der Waals surface area contributed by atoms with E-state index in [0.29, 0.717) is 4.47 Å². The molecule has 1 aromatic carbocycles. The molecule has 6 heteroatoms. The van der Waals surface area contributed by atoms with E-state index < -0.39 is 11.7 Å². The molecule has 0 saturated carbocycles. The maximum absolute atomic E-state index is 13.5. The summed E-state index contributed by atoms with van der Waals surface area (Å²) in [5, 5.41) is 5.30. The van der Waals surface area contributed by atoms with Crippen LogP contribution in [0.15, 0.2) is 22.7 Å². The van der Waals surface area contributed by atoms with Gasteiger partial charge in [0.2, 0.25) is 5.91 Å². The van der Waals surface area contributed by atoms with Crippen LogP contribution in [0.2, 0.25) is 0 Å². The smallest absolute Gasteiger partial charge is 0.254 e. The maximum Gasteiger partial charge on any atom is 0.254 e. The Hall–Kier alpha value is -1.43. The molecule has 0 unspecified atom stereocenters. The van der Waals surface area contributed by atoms with Crippen molar-refractivity contribution in [2.24, 2.45) is 0 Å². The molecule has 1 rings (SSSR count). The third-order valence-corrected chi connectivity index (χ3v) is 2.82. The Morgan fingerprint density at radius 1 is 1.30 bits per heavy atom. The lowest BCUT2D eigenvalue weighted by atomic mass is 10.1. The average molecular weight is 345 g/mol. The second-order valence-electron chi connectivity index (χ2n) is 5.43. The van der Waals surface area contributed by atoms with Crippen molar-refractivity contribution >= 4 is 27.7 Å². The minimum absolute atomic E-state index is 0.0457. The van der Waals surface area contributed by atoms with E-state index in [1.807, 2.05) is 20.8 Å². The molecule has 4 nitrogen and oxygen atoms in total. The molecule has 1 aromatic rings. The number of amides is 2. The lowest BCUT2D eigenvalue weighted by Crippen LogP contribution is -2.42. The Labute approximate surface area is 126 Å². The Bertz CT molecular complexity index is 512. The number of halogens is 2. The van der Waals surface area contributed by atoms with Crippen molar-refractivity contribution in [1.29, 1.82) is 0 Å². The van der Waals surface area contributed by atoms with Crippen molar-refractivity contribution in [3.63, 3.8) is 0 Å². The number of carbonyl (C=O) groups is 2. The van der Waals surface area contributed by atoms with Crippen molar-refractivity contribution in [1.82, 2.24) is 10.6 Å². The zero-order valence-electron chi connectivity index (χ0n) is 11.7. The molecule has 0 atom stereocenters. The molecule has 0 spiro atoms. The molecular formula is C14H18BrFN2O2. The van der Waals surface area contributed by atoms with Crippen molar-refractivity contribution in [3.05, 3.63) is 34.1 Å². The van der Waals surface area contributed by atoms with Gasteiger partial charge in [-0.25, -0.2) is 4.39 Å². The molecule has 0 aromatic heterocycles. The van der Waals surface area contributed by atoms with Crippen LogP contribution >= 0.6 is 15.9 Å². The number of benzene rings is 1. The largest absolute Gasteiger partial charge is 0.351 e. The molecule has 0 radical (unpaired) electrons. The highest BCUT2D eigenvalue weighted by atomic mass is 79.9. The predicted octanol–water partition coefficient (Wildman–Crippen LogP) is 2.62. The molecule has 0 aliphatic heterocycles. The lowest BCUT2D eigenvalue weighted by Gasteiger charge is -2.20. The number of hydrogen-bond acceptors (Lipinski definition) is 2. The minimum Gasteiger partial charge on any atom is -0.351 e. The summed E-state index contributed by atoms with van der Waals surface area (Å²) in [7, 11) is 0. The minimum atomic E-state index is -0.593. The quantitative estimate of drug-likeness (QED) is 0.881. The summed E-state index contributed by atoms with van der Waals surface area (Å²) in [5.74, 6) is -1.29. The van der Waals surface area contributed by atoms with Gasteiger partial charge in [0.25, 0.3) is 5.91 Å². The van der Waals surface area contributed by atoms with E-state index in [2.05, 4.69) is 26.6 Å². The van der Waals surface area contributed by atoms with Crippen molar-refractivity contribution in [2.75, 3.05) is 6.54 Å². The summed E-state index contributed by atoms with van der Waals surface area (Å²) in [6.07, 6.45) is 0.151. The van der Waals surface area contributed by atoms with Gasteiger partial charge in [0, 0.05) is 23.0 Å². The van der Waals surface area contributed by atoms with Gasteiger partial charge in [-0.3, -0.25) is 9.59 Å². The highest BCUT2D eigenvalue weighted by molar-refractivity contribution is 9.10. The third kappa shape index (κ3) is 5.69. The summed E-state index contributed by atoms with van der Waals surface area (Å²) >= 11 is 3.18. The standard InChI is InChI=1S/C14H18BrFN2O2/c1-14(2,3)18-12(19)6-7-17-13(20)10-8-9(15)4-5-11(10)16/h4-5,8H,6-7H2,1-3H3,(H,17,20)(H,18,19). The number of hydrogen-bond donors (Lipinski definition) is 2.